The molecule has 0 spiro atoms. The molecular formula is C21H21N3O3S. The van der Waals surface area contributed by atoms with Crippen LogP contribution in [0.5, 0.6) is 0 Å². The predicted molar refractivity (Wildman–Crippen MR) is 109 cm³/mol. The van der Waals surface area contributed by atoms with Crippen molar-refractivity contribution < 1.29 is 14.0 Å². The van der Waals surface area contributed by atoms with Gasteiger partial charge in [-0.25, -0.2) is 0 Å². The summed E-state index contributed by atoms with van der Waals surface area (Å²) in [6, 6.07) is 16.3. The molecular weight excluding hydrogens is 374 g/mol. The minimum atomic E-state index is -0.478. The van der Waals surface area contributed by atoms with Crippen molar-refractivity contribution in [3.8, 4) is 11.5 Å². The van der Waals surface area contributed by atoms with Crippen LogP contribution in [-0.2, 0) is 4.79 Å². The van der Waals surface area contributed by atoms with Crippen LogP contribution in [0, 0.1) is 5.41 Å². The largest absolute Gasteiger partial charge is 0.411 e. The molecule has 1 N–H and O–H groups in total. The first-order valence-electron chi connectivity index (χ1n) is 8.79. The van der Waals surface area contributed by atoms with E-state index in [1.165, 1.54) is 11.8 Å². The standard InChI is InChI=1S/C21H21N3O3S/c1-21(2,3)19(26)22-16-11-9-14(10-12-16)17(25)13-28-20-24-23-18(27-20)15-7-5-4-6-8-15/h4-12H,13H2,1-3H3,(H,22,26). The van der Waals surface area contributed by atoms with E-state index < -0.39 is 5.41 Å². The maximum atomic E-state index is 12.4. The molecule has 1 aromatic heterocycles. The Morgan fingerprint density at radius 2 is 1.68 bits per heavy atom. The van der Waals surface area contributed by atoms with Crippen molar-refractivity contribution in [1.82, 2.24) is 10.2 Å². The summed E-state index contributed by atoms with van der Waals surface area (Å²) in [5, 5.41) is 11.2. The number of nitrogens with zero attached hydrogens (tertiary/aromatic N) is 2. The Morgan fingerprint density at radius 3 is 2.32 bits per heavy atom. The minimum Gasteiger partial charge on any atom is -0.411 e. The van der Waals surface area contributed by atoms with Crippen LogP contribution in [-0.4, -0.2) is 27.6 Å². The number of thioether (sulfide) groups is 1. The van der Waals surface area contributed by atoms with E-state index in [0.717, 1.165) is 5.56 Å². The van der Waals surface area contributed by atoms with Crippen LogP contribution >= 0.6 is 11.8 Å². The zero-order valence-electron chi connectivity index (χ0n) is 15.9. The minimum absolute atomic E-state index is 0.0573. The molecule has 0 fully saturated rings. The Morgan fingerprint density at radius 1 is 1.00 bits per heavy atom. The molecule has 0 radical (unpaired) electrons. The summed E-state index contributed by atoms with van der Waals surface area (Å²) >= 11 is 1.20. The number of anilines is 1. The molecule has 144 valence electrons. The van der Waals surface area contributed by atoms with Crippen molar-refractivity contribution in [2.45, 2.75) is 26.0 Å². The number of hydrogen-bond donors (Lipinski definition) is 1. The molecule has 0 aliphatic heterocycles. The van der Waals surface area contributed by atoms with E-state index in [-0.39, 0.29) is 17.4 Å². The summed E-state index contributed by atoms with van der Waals surface area (Å²) in [5.74, 6) is 0.477. The lowest BCUT2D eigenvalue weighted by Crippen LogP contribution is -2.27. The number of amides is 1. The summed E-state index contributed by atoms with van der Waals surface area (Å²) < 4.78 is 5.59. The number of ketones is 1. The molecule has 0 saturated carbocycles. The maximum absolute atomic E-state index is 12.4. The van der Waals surface area contributed by atoms with Gasteiger partial charge in [0.2, 0.25) is 11.8 Å². The fraction of sp³-hybridized carbons (Fsp3) is 0.238. The van der Waals surface area contributed by atoms with E-state index in [9.17, 15) is 9.59 Å². The first-order chi connectivity index (χ1) is 13.3. The van der Waals surface area contributed by atoms with Gasteiger partial charge in [0.1, 0.15) is 0 Å². The van der Waals surface area contributed by atoms with Gasteiger partial charge < -0.3 is 9.73 Å². The van der Waals surface area contributed by atoms with Gasteiger partial charge in [-0.2, -0.15) is 0 Å². The van der Waals surface area contributed by atoms with Crippen molar-refractivity contribution in [1.29, 1.82) is 0 Å². The van der Waals surface area contributed by atoms with Crippen LogP contribution in [0.3, 0.4) is 0 Å². The highest BCUT2D eigenvalue weighted by Gasteiger charge is 2.21. The molecule has 3 rings (SSSR count). The average Bonchev–Trinajstić information content (AvgIpc) is 3.16. The van der Waals surface area contributed by atoms with Gasteiger partial charge in [-0.3, -0.25) is 9.59 Å². The van der Waals surface area contributed by atoms with Crippen LogP contribution in [0.2, 0.25) is 0 Å². The number of aromatic nitrogens is 2. The SMILES string of the molecule is CC(C)(C)C(=O)Nc1ccc(C(=O)CSc2nnc(-c3ccccc3)o2)cc1. The second-order valence-electron chi connectivity index (χ2n) is 7.23. The summed E-state index contributed by atoms with van der Waals surface area (Å²) in [6.07, 6.45) is 0. The molecule has 1 amide bonds. The van der Waals surface area contributed by atoms with Crippen molar-refractivity contribution in [2.75, 3.05) is 11.1 Å². The number of carbonyl (C=O) groups excluding carboxylic acids is 2. The highest BCUT2D eigenvalue weighted by molar-refractivity contribution is 7.99. The van der Waals surface area contributed by atoms with Crippen LogP contribution in [0.1, 0.15) is 31.1 Å². The Bertz CT molecular complexity index is 961. The molecule has 6 nitrogen and oxygen atoms in total. The Balaban J connectivity index is 1.57. The third kappa shape index (κ3) is 5.07. The quantitative estimate of drug-likeness (QED) is 0.481. The van der Waals surface area contributed by atoms with Crippen molar-refractivity contribution in [3.63, 3.8) is 0 Å². The van der Waals surface area contributed by atoms with Crippen molar-refractivity contribution in [2.24, 2.45) is 5.41 Å². The molecule has 28 heavy (non-hydrogen) atoms. The Kier molecular flexibility index (Phi) is 5.94. The molecule has 0 bridgehead atoms. The lowest BCUT2D eigenvalue weighted by molar-refractivity contribution is -0.123. The average molecular weight is 395 g/mol. The van der Waals surface area contributed by atoms with Gasteiger partial charge in [0.05, 0.1) is 5.75 Å². The summed E-state index contributed by atoms with van der Waals surface area (Å²) in [4.78, 5) is 24.4. The molecule has 0 unspecified atom stereocenters. The summed E-state index contributed by atoms with van der Waals surface area (Å²) in [6.45, 7) is 5.54. The number of carbonyl (C=O) groups is 2. The number of rotatable bonds is 6. The molecule has 3 aromatic rings. The van der Waals surface area contributed by atoms with E-state index in [1.54, 1.807) is 24.3 Å². The first kappa shape index (κ1) is 19.8. The molecule has 1 heterocycles. The monoisotopic (exact) mass is 395 g/mol. The molecule has 2 aromatic carbocycles. The molecule has 7 heteroatoms. The van der Waals surface area contributed by atoms with Crippen molar-refractivity contribution >= 4 is 29.1 Å². The number of hydrogen-bond acceptors (Lipinski definition) is 6. The Labute approximate surface area is 167 Å². The van der Waals surface area contributed by atoms with Gasteiger partial charge in [0.15, 0.2) is 5.78 Å². The first-order valence-corrected chi connectivity index (χ1v) is 9.78. The fourth-order valence-electron chi connectivity index (χ4n) is 2.23. The van der Waals surface area contributed by atoms with E-state index in [2.05, 4.69) is 15.5 Å². The highest BCUT2D eigenvalue weighted by atomic mass is 32.2. The molecule has 0 atom stereocenters. The number of nitrogens with one attached hydrogen (secondary N) is 1. The normalized spacial score (nSPS) is 11.2. The van der Waals surface area contributed by atoms with E-state index in [4.69, 9.17) is 4.42 Å². The molecule has 0 saturated heterocycles. The van der Waals surface area contributed by atoms with Gasteiger partial charge in [-0.05, 0) is 36.4 Å². The Hall–Kier alpha value is -2.93. The fourth-order valence-corrected chi connectivity index (χ4v) is 2.89. The van der Waals surface area contributed by atoms with Gasteiger partial charge in [-0.1, -0.05) is 50.7 Å². The zero-order chi connectivity index (χ0) is 20.1. The van der Waals surface area contributed by atoms with Gasteiger partial charge in [0.25, 0.3) is 5.22 Å². The van der Waals surface area contributed by atoms with Crippen molar-refractivity contribution in [3.05, 3.63) is 60.2 Å². The smallest absolute Gasteiger partial charge is 0.277 e. The maximum Gasteiger partial charge on any atom is 0.277 e. The second-order valence-corrected chi connectivity index (χ2v) is 8.16. The topological polar surface area (TPSA) is 85.1 Å². The van der Waals surface area contributed by atoms with Gasteiger partial charge in [-0.15, -0.1) is 10.2 Å². The third-order valence-corrected chi connectivity index (χ3v) is 4.72. The molecule has 0 aliphatic carbocycles. The summed E-state index contributed by atoms with van der Waals surface area (Å²) in [7, 11) is 0. The van der Waals surface area contributed by atoms with Crippen LogP contribution in [0.25, 0.3) is 11.5 Å². The third-order valence-electron chi connectivity index (χ3n) is 3.90. The van der Waals surface area contributed by atoms with E-state index in [0.29, 0.717) is 22.4 Å². The van der Waals surface area contributed by atoms with Gasteiger partial charge >= 0.3 is 0 Å². The zero-order valence-corrected chi connectivity index (χ0v) is 16.7. The van der Waals surface area contributed by atoms with Crippen LogP contribution in [0.15, 0.2) is 64.2 Å². The van der Waals surface area contributed by atoms with E-state index >= 15 is 0 Å². The van der Waals surface area contributed by atoms with Gasteiger partial charge in [0, 0.05) is 22.2 Å². The van der Waals surface area contributed by atoms with Crippen LogP contribution < -0.4 is 5.32 Å². The number of benzene rings is 2. The summed E-state index contributed by atoms with van der Waals surface area (Å²) in [5.41, 5.74) is 1.58. The second kappa shape index (κ2) is 8.39. The lowest BCUT2D eigenvalue weighted by atomic mass is 9.95. The number of Topliss-reactive ketones (excluding diaryl/α,β-unsaturated/α-hetero) is 1. The lowest BCUT2D eigenvalue weighted by Gasteiger charge is -2.17. The predicted octanol–water partition coefficient (Wildman–Crippen LogP) is 4.70. The van der Waals surface area contributed by atoms with Crippen LogP contribution in [0.4, 0.5) is 5.69 Å². The highest BCUT2D eigenvalue weighted by Crippen LogP contribution is 2.24. The van der Waals surface area contributed by atoms with E-state index in [1.807, 2.05) is 51.1 Å². The molecule has 0 aliphatic rings.